The Morgan fingerprint density at radius 3 is 2.87 bits per heavy atom. The fourth-order valence-corrected chi connectivity index (χ4v) is 3.31. The highest BCUT2D eigenvalue weighted by Crippen LogP contribution is 2.27. The minimum absolute atomic E-state index is 0.126. The molecular weight excluding hydrogens is 406 g/mol. The maximum absolute atomic E-state index is 12.9. The van der Waals surface area contributed by atoms with Crippen molar-refractivity contribution in [1.29, 1.82) is 0 Å². The van der Waals surface area contributed by atoms with E-state index in [9.17, 15) is 19.7 Å². The van der Waals surface area contributed by atoms with Crippen molar-refractivity contribution in [2.24, 2.45) is 0 Å². The van der Waals surface area contributed by atoms with Crippen LogP contribution in [0.2, 0.25) is 0 Å². The number of benzene rings is 1. The molecule has 156 valence electrons. The van der Waals surface area contributed by atoms with Crippen molar-refractivity contribution >= 4 is 35.7 Å². The third-order valence-corrected chi connectivity index (χ3v) is 5.11. The molecule has 1 saturated heterocycles. The van der Waals surface area contributed by atoms with Crippen LogP contribution >= 0.6 is 12.6 Å². The summed E-state index contributed by atoms with van der Waals surface area (Å²) in [6, 6.07) is 9.17. The summed E-state index contributed by atoms with van der Waals surface area (Å²) < 4.78 is 0. The molecule has 2 aromatic rings. The van der Waals surface area contributed by atoms with Crippen molar-refractivity contribution in [1.82, 2.24) is 20.5 Å². The predicted octanol–water partition coefficient (Wildman–Crippen LogP) is 1.41. The topological polar surface area (TPSA) is 117 Å². The van der Waals surface area contributed by atoms with Gasteiger partial charge in [-0.3, -0.25) is 24.7 Å². The first-order valence-corrected chi connectivity index (χ1v) is 9.68. The van der Waals surface area contributed by atoms with Gasteiger partial charge in [0.25, 0.3) is 11.6 Å². The summed E-state index contributed by atoms with van der Waals surface area (Å²) in [6.45, 7) is 5.10. The van der Waals surface area contributed by atoms with Gasteiger partial charge in [-0.25, -0.2) is 0 Å². The van der Waals surface area contributed by atoms with Gasteiger partial charge in [-0.2, -0.15) is 0 Å². The van der Waals surface area contributed by atoms with Crippen LogP contribution in [0.25, 0.3) is 5.57 Å². The van der Waals surface area contributed by atoms with Crippen LogP contribution < -0.4 is 10.6 Å². The van der Waals surface area contributed by atoms with E-state index in [1.807, 2.05) is 12.1 Å². The van der Waals surface area contributed by atoms with Gasteiger partial charge in [-0.15, -0.1) is 12.6 Å². The second kappa shape index (κ2) is 9.51. The monoisotopic (exact) mass is 427 g/mol. The molecule has 30 heavy (non-hydrogen) atoms. The Morgan fingerprint density at radius 2 is 2.17 bits per heavy atom. The summed E-state index contributed by atoms with van der Waals surface area (Å²) in [5.41, 5.74) is 1.01. The Morgan fingerprint density at radius 1 is 1.37 bits per heavy atom. The average molecular weight is 427 g/mol. The van der Waals surface area contributed by atoms with E-state index in [4.69, 9.17) is 0 Å². The normalized spacial score (nSPS) is 16.0. The Bertz CT molecular complexity index is 982. The SMILES string of the molecule is C=C(C(=O)N1CCNC(C(=O)NCc2ccccn2)C1)c1ccc(S)c([N+](=O)[O-])c1. The molecule has 2 N–H and O–H groups in total. The summed E-state index contributed by atoms with van der Waals surface area (Å²) in [7, 11) is 0. The number of hydrogen-bond acceptors (Lipinski definition) is 7. The summed E-state index contributed by atoms with van der Waals surface area (Å²) in [5.74, 6) is -0.612. The van der Waals surface area contributed by atoms with E-state index in [1.54, 1.807) is 18.3 Å². The number of hydrogen-bond donors (Lipinski definition) is 3. The molecule has 1 aliphatic rings. The molecule has 1 aromatic carbocycles. The van der Waals surface area contributed by atoms with Crippen LogP contribution in [0.1, 0.15) is 11.3 Å². The molecule has 1 atom stereocenters. The molecule has 1 fully saturated rings. The lowest BCUT2D eigenvalue weighted by molar-refractivity contribution is -0.387. The number of pyridine rings is 1. The summed E-state index contributed by atoms with van der Waals surface area (Å²) in [4.78, 5) is 41.8. The highest BCUT2D eigenvalue weighted by molar-refractivity contribution is 7.80. The van der Waals surface area contributed by atoms with E-state index < -0.39 is 11.0 Å². The van der Waals surface area contributed by atoms with E-state index in [1.165, 1.54) is 17.0 Å². The van der Waals surface area contributed by atoms with Crippen LogP contribution in [0.5, 0.6) is 0 Å². The smallest absolute Gasteiger partial charge is 0.283 e. The quantitative estimate of drug-likeness (QED) is 0.278. The number of thiol groups is 1. The Labute approximate surface area is 178 Å². The lowest BCUT2D eigenvalue weighted by atomic mass is 10.0. The van der Waals surface area contributed by atoms with Crippen molar-refractivity contribution in [3.63, 3.8) is 0 Å². The fraction of sp³-hybridized carbons (Fsp3) is 0.250. The number of carbonyl (C=O) groups is 2. The first kappa shape index (κ1) is 21.5. The second-order valence-corrected chi connectivity index (χ2v) is 7.22. The van der Waals surface area contributed by atoms with Gasteiger partial charge < -0.3 is 15.5 Å². The minimum atomic E-state index is -0.576. The number of carbonyl (C=O) groups excluding carboxylic acids is 2. The van der Waals surface area contributed by atoms with Gasteiger partial charge in [0.2, 0.25) is 5.91 Å². The van der Waals surface area contributed by atoms with Crippen molar-refractivity contribution in [3.05, 3.63) is 70.5 Å². The molecule has 0 spiro atoms. The molecule has 1 unspecified atom stereocenters. The standard InChI is InChI=1S/C20H21N5O4S/c1-13(14-5-6-18(30)17(10-14)25(28)29)20(27)24-9-8-22-16(12-24)19(26)23-11-15-4-2-3-7-21-15/h2-7,10,16,22,30H,1,8-9,11-12H2,(H,23,26). The molecule has 2 amide bonds. The molecule has 1 aliphatic heterocycles. The second-order valence-electron chi connectivity index (χ2n) is 6.74. The first-order valence-electron chi connectivity index (χ1n) is 9.23. The maximum atomic E-state index is 12.9. The summed E-state index contributed by atoms with van der Waals surface area (Å²) in [6.07, 6.45) is 1.65. The molecular formula is C20H21N5O4S. The van der Waals surface area contributed by atoms with Gasteiger partial charge in [-0.1, -0.05) is 18.7 Å². The lowest BCUT2D eigenvalue weighted by Crippen LogP contribution is -2.58. The third-order valence-electron chi connectivity index (χ3n) is 4.73. The molecule has 2 heterocycles. The largest absolute Gasteiger partial charge is 0.349 e. The Hall–Kier alpha value is -3.24. The zero-order chi connectivity index (χ0) is 21.7. The van der Waals surface area contributed by atoms with Gasteiger partial charge in [0.05, 0.1) is 22.1 Å². The number of nitrogens with one attached hydrogen (secondary N) is 2. The van der Waals surface area contributed by atoms with Crippen molar-refractivity contribution in [2.45, 2.75) is 17.5 Å². The van der Waals surface area contributed by atoms with E-state index in [-0.39, 0.29) is 41.1 Å². The molecule has 0 radical (unpaired) electrons. The van der Waals surface area contributed by atoms with Crippen LogP contribution in [-0.4, -0.2) is 52.3 Å². The van der Waals surface area contributed by atoms with Gasteiger partial charge >= 0.3 is 0 Å². The summed E-state index contributed by atoms with van der Waals surface area (Å²) in [5, 5.41) is 17.0. The van der Waals surface area contributed by atoms with Crippen LogP contribution in [0, 0.1) is 10.1 Å². The van der Waals surface area contributed by atoms with Crippen LogP contribution in [0.3, 0.4) is 0 Å². The van der Waals surface area contributed by atoms with E-state index in [0.29, 0.717) is 18.7 Å². The van der Waals surface area contributed by atoms with Crippen LogP contribution in [0.15, 0.2) is 54.1 Å². The summed E-state index contributed by atoms with van der Waals surface area (Å²) >= 11 is 4.06. The molecule has 0 bridgehead atoms. The lowest BCUT2D eigenvalue weighted by Gasteiger charge is -2.33. The Balaban J connectivity index is 1.63. The zero-order valence-corrected chi connectivity index (χ0v) is 17.0. The first-order chi connectivity index (χ1) is 14.4. The number of nitrogens with zero attached hydrogens (tertiary/aromatic N) is 3. The number of rotatable bonds is 6. The highest BCUT2D eigenvalue weighted by Gasteiger charge is 2.29. The van der Waals surface area contributed by atoms with Gasteiger partial charge in [0, 0.05) is 37.5 Å². The third kappa shape index (κ3) is 5.02. The fourth-order valence-electron chi connectivity index (χ4n) is 3.09. The van der Waals surface area contributed by atoms with Gasteiger partial charge in [0.1, 0.15) is 6.04 Å². The van der Waals surface area contributed by atoms with Crippen molar-refractivity contribution in [2.75, 3.05) is 19.6 Å². The number of amides is 2. The molecule has 0 saturated carbocycles. The average Bonchev–Trinajstić information content (AvgIpc) is 2.77. The number of piperazine rings is 1. The highest BCUT2D eigenvalue weighted by atomic mass is 32.1. The molecule has 9 nitrogen and oxygen atoms in total. The molecule has 10 heteroatoms. The minimum Gasteiger partial charge on any atom is -0.349 e. The Kier molecular flexibility index (Phi) is 6.80. The maximum Gasteiger partial charge on any atom is 0.283 e. The van der Waals surface area contributed by atoms with E-state index in [0.717, 1.165) is 5.69 Å². The molecule has 0 aliphatic carbocycles. The molecule has 3 rings (SSSR count). The van der Waals surface area contributed by atoms with Crippen LogP contribution in [0.4, 0.5) is 5.69 Å². The number of aromatic nitrogens is 1. The van der Waals surface area contributed by atoms with E-state index >= 15 is 0 Å². The van der Waals surface area contributed by atoms with Crippen molar-refractivity contribution < 1.29 is 14.5 Å². The van der Waals surface area contributed by atoms with Gasteiger partial charge in [-0.05, 0) is 23.8 Å². The van der Waals surface area contributed by atoms with Crippen molar-refractivity contribution in [3.8, 4) is 0 Å². The van der Waals surface area contributed by atoms with E-state index in [2.05, 4.69) is 34.8 Å². The van der Waals surface area contributed by atoms with Gasteiger partial charge in [0.15, 0.2) is 0 Å². The predicted molar refractivity (Wildman–Crippen MR) is 114 cm³/mol. The number of nitro benzene ring substituents is 1. The molecule has 1 aromatic heterocycles. The zero-order valence-electron chi connectivity index (χ0n) is 16.1. The van der Waals surface area contributed by atoms with Crippen LogP contribution in [-0.2, 0) is 16.1 Å². The number of nitro groups is 1.